The SMILES string of the molecule is CO[C@H]1CC(C(=O)Oc2c(C)ncc3c2CO[C@H]3c2ccc(Cl)cc2)C[C@@H]1ON(O)O. The second-order valence-electron chi connectivity index (χ2n) is 7.61. The Bertz CT molecular complexity index is 953. The molecule has 0 bridgehead atoms. The molecule has 4 rings (SSSR count). The molecule has 0 radical (unpaired) electrons. The zero-order valence-electron chi connectivity index (χ0n) is 17.0. The van der Waals surface area contributed by atoms with Gasteiger partial charge in [-0.3, -0.25) is 20.2 Å². The number of pyridine rings is 1. The molecule has 2 N–H and O–H groups in total. The van der Waals surface area contributed by atoms with Crippen LogP contribution in [0.1, 0.15) is 41.3 Å². The minimum absolute atomic E-state index is 0.223. The fourth-order valence-corrected chi connectivity index (χ4v) is 4.28. The van der Waals surface area contributed by atoms with Crippen molar-refractivity contribution in [2.24, 2.45) is 5.92 Å². The molecule has 10 heteroatoms. The number of ether oxygens (including phenoxy) is 3. The summed E-state index contributed by atoms with van der Waals surface area (Å²) in [6.45, 7) is 2.06. The van der Waals surface area contributed by atoms with E-state index in [4.69, 9.17) is 41.1 Å². The van der Waals surface area contributed by atoms with Gasteiger partial charge in [-0.1, -0.05) is 23.7 Å². The number of nitrogens with zero attached hydrogens (tertiary/aromatic N) is 2. The lowest BCUT2D eigenvalue weighted by atomic mass is 10.00. The molecule has 31 heavy (non-hydrogen) atoms. The van der Waals surface area contributed by atoms with Crippen LogP contribution in [0, 0.1) is 12.8 Å². The number of esters is 1. The fraction of sp³-hybridized carbons (Fsp3) is 0.429. The number of methoxy groups -OCH3 is 1. The van der Waals surface area contributed by atoms with Crippen molar-refractivity contribution in [1.29, 1.82) is 0 Å². The summed E-state index contributed by atoms with van der Waals surface area (Å²) in [4.78, 5) is 22.2. The second-order valence-corrected chi connectivity index (χ2v) is 8.05. The van der Waals surface area contributed by atoms with Crippen LogP contribution < -0.4 is 4.74 Å². The summed E-state index contributed by atoms with van der Waals surface area (Å²) in [5, 5.41) is 18.1. The van der Waals surface area contributed by atoms with Gasteiger partial charge >= 0.3 is 5.97 Å². The van der Waals surface area contributed by atoms with E-state index in [1.807, 2.05) is 12.1 Å². The van der Waals surface area contributed by atoms with Crippen molar-refractivity contribution in [1.82, 2.24) is 10.4 Å². The van der Waals surface area contributed by atoms with Crippen LogP contribution in [-0.2, 0) is 25.7 Å². The minimum Gasteiger partial charge on any atom is -0.424 e. The van der Waals surface area contributed by atoms with E-state index in [-0.39, 0.29) is 24.5 Å². The van der Waals surface area contributed by atoms with Gasteiger partial charge in [0, 0.05) is 29.5 Å². The van der Waals surface area contributed by atoms with Crippen molar-refractivity contribution in [2.45, 2.75) is 44.7 Å². The zero-order valence-corrected chi connectivity index (χ0v) is 17.8. The Morgan fingerprint density at radius 2 is 1.94 bits per heavy atom. The molecule has 0 amide bonds. The van der Waals surface area contributed by atoms with Gasteiger partial charge in [-0.25, -0.2) is 4.84 Å². The Morgan fingerprint density at radius 1 is 1.23 bits per heavy atom. The first-order chi connectivity index (χ1) is 14.9. The molecule has 2 aromatic rings. The van der Waals surface area contributed by atoms with E-state index < -0.39 is 24.1 Å². The van der Waals surface area contributed by atoms with Crippen molar-refractivity contribution >= 4 is 17.6 Å². The topological polar surface area (TPSA) is 111 Å². The Balaban J connectivity index is 1.53. The number of aromatic nitrogens is 1. The lowest BCUT2D eigenvalue weighted by molar-refractivity contribution is -0.507. The van der Waals surface area contributed by atoms with E-state index in [1.165, 1.54) is 7.11 Å². The van der Waals surface area contributed by atoms with Gasteiger partial charge in [0.1, 0.15) is 12.2 Å². The average molecular weight is 451 g/mol. The molecule has 1 unspecified atom stereocenters. The second kappa shape index (κ2) is 9.17. The maximum atomic E-state index is 12.9. The number of hydrogen-bond donors (Lipinski definition) is 2. The van der Waals surface area contributed by atoms with Crippen LogP contribution in [0.3, 0.4) is 0 Å². The van der Waals surface area contributed by atoms with Gasteiger partial charge < -0.3 is 14.2 Å². The lowest BCUT2D eigenvalue weighted by Crippen LogP contribution is -2.31. The molecular weight excluding hydrogens is 428 g/mol. The molecule has 1 aliphatic carbocycles. The van der Waals surface area contributed by atoms with Crippen molar-refractivity contribution in [2.75, 3.05) is 7.11 Å². The fourth-order valence-electron chi connectivity index (χ4n) is 4.15. The van der Waals surface area contributed by atoms with Crippen LogP contribution >= 0.6 is 11.6 Å². The Kier molecular flexibility index (Phi) is 6.54. The molecule has 9 nitrogen and oxygen atoms in total. The third kappa shape index (κ3) is 4.58. The molecule has 1 fully saturated rings. The standard InChI is InChI=1S/C21H23ClN2O7/c1-11-19(30-21(25)13-7-17(28-2)18(8-13)31-24(26)27)16-10-29-20(15(16)9-23-11)12-3-5-14(22)6-4-12/h3-6,9,13,17-18,20,26-27H,7-8,10H2,1-2H3/t13?,17-,18-,20-/m0/s1. The van der Waals surface area contributed by atoms with Gasteiger partial charge in [0.15, 0.2) is 5.75 Å². The van der Waals surface area contributed by atoms with Gasteiger partial charge in [0.2, 0.25) is 0 Å². The molecule has 1 saturated carbocycles. The number of hydrogen-bond acceptors (Lipinski definition) is 9. The molecular formula is C21H23ClN2O7. The van der Waals surface area contributed by atoms with Gasteiger partial charge in [0.05, 0.1) is 29.7 Å². The van der Waals surface area contributed by atoms with Crippen molar-refractivity contribution < 1.29 is 34.3 Å². The highest BCUT2D eigenvalue weighted by molar-refractivity contribution is 6.30. The maximum absolute atomic E-state index is 12.9. The van der Waals surface area contributed by atoms with Crippen LogP contribution in [-0.4, -0.2) is 46.1 Å². The first kappa shape index (κ1) is 22.1. The van der Waals surface area contributed by atoms with Gasteiger partial charge in [-0.05, 0) is 37.5 Å². The Morgan fingerprint density at radius 3 is 2.61 bits per heavy atom. The summed E-state index contributed by atoms with van der Waals surface area (Å²) in [7, 11) is 1.47. The predicted molar refractivity (Wildman–Crippen MR) is 106 cm³/mol. The predicted octanol–water partition coefficient (Wildman–Crippen LogP) is 3.37. The molecule has 2 aliphatic rings. The zero-order chi connectivity index (χ0) is 22.1. The van der Waals surface area contributed by atoms with E-state index in [9.17, 15) is 4.79 Å². The van der Waals surface area contributed by atoms with E-state index >= 15 is 0 Å². The van der Waals surface area contributed by atoms with Crippen molar-refractivity contribution in [3.05, 3.63) is 57.9 Å². The lowest BCUT2D eigenvalue weighted by Gasteiger charge is -2.18. The number of benzene rings is 1. The van der Waals surface area contributed by atoms with Gasteiger partial charge in [0.25, 0.3) is 0 Å². The summed E-state index contributed by atoms with van der Waals surface area (Å²) in [6, 6.07) is 7.38. The number of fused-ring (bicyclic) bond motifs is 1. The number of halogens is 1. The number of rotatable bonds is 6. The van der Waals surface area contributed by atoms with Crippen LogP contribution in [0.4, 0.5) is 0 Å². The average Bonchev–Trinajstić information content (AvgIpc) is 3.34. The monoisotopic (exact) mass is 450 g/mol. The Hall–Kier alpha value is -2.11. The normalized spacial score (nSPS) is 25.1. The molecule has 0 saturated heterocycles. The minimum atomic E-state index is -0.684. The highest BCUT2D eigenvalue weighted by Crippen LogP contribution is 2.41. The van der Waals surface area contributed by atoms with Gasteiger partial charge in [-0.15, -0.1) is 0 Å². The first-order valence-corrected chi connectivity index (χ1v) is 10.2. The van der Waals surface area contributed by atoms with Crippen LogP contribution in [0.2, 0.25) is 5.02 Å². The van der Waals surface area contributed by atoms with E-state index in [0.717, 1.165) is 16.7 Å². The van der Waals surface area contributed by atoms with Crippen LogP contribution in [0.25, 0.3) is 0 Å². The summed E-state index contributed by atoms with van der Waals surface area (Å²) >= 11 is 5.98. The number of carbonyl (C=O) groups is 1. The molecule has 0 spiro atoms. The third-order valence-corrected chi connectivity index (χ3v) is 5.97. The third-order valence-electron chi connectivity index (χ3n) is 5.71. The number of carbonyl (C=O) groups excluding carboxylic acids is 1. The highest BCUT2D eigenvalue weighted by atomic mass is 35.5. The van der Waals surface area contributed by atoms with Crippen LogP contribution in [0.5, 0.6) is 5.75 Å². The van der Waals surface area contributed by atoms with E-state index in [0.29, 0.717) is 22.9 Å². The largest absolute Gasteiger partial charge is 0.424 e. The molecule has 1 aromatic carbocycles. The summed E-state index contributed by atoms with van der Waals surface area (Å²) in [6.07, 6.45) is 0.819. The first-order valence-electron chi connectivity index (χ1n) is 9.82. The molecule has 1 aliphatic heterocycles. The summed E-state index contributed by atoms with van der Waals surface area (Å²) in [5.41, 5.74) is 3.14. The van der Waals surface area contributed by atoms with Crippen LogP contribution in [0.15, 0.2) is 30.5 Å². The molecule has 1 aromatic heterocycles. The maximum Gasteiger partial charge on any atom is 0.314 e. The quantitative estimate of drug-likeness (QED) is 0.505. The van der Waals surface area contributed by atoms with E-state index in [1.54, 1.807) is 25.3 Å². The molecule has 4 atom stereocenters. The van der Waals surface area contributed by atoms with E-state index in [2.05, 4.69) is 4.98 Å². The van der Waals surface area contributed by atoms with Crippen molar-refractivity contribution in [3.63, 3.8) is 0 Å². The highest BCUT2D eigenvalue weighted by Gasteiger charge is 2.42. The molecule has 2 heterocycles. The molecule has 166 valence electrons. The summed E-state index contributed by atoms with van der Waals surface area (Å²) < 4.78 is 17.0. The van der Waals surface area contributed by atoms with Crippen molar-refractivity contribution in [3.8, 4) is 5.75 Å². The van der Waals surface area contributed by atoms with Gasteiger partial charge in [-0.2, -0.15) is 0 Å². The smallest absolute Gasteiger partial charge is 0.314 e. The Labute approximate surface area is 183 Å². The summed E-state index contributed by atoms with van der Waals surface area (Å²) in [5.74, 6) is -0.591. The number of aryl methyl sites for hydroxylation is 1.